The summed E-state index contributed by atoms with van der Waals surface area (Å²) in [6, 6.07) is 0. The molecule has 2 heteroatoms. The van der Waals surface area contributed by atoms with Gasteiger partial charge in [0.15, 0.2) is 0 Å². The fourth-order valence-electron chi connectivity index (χ4n) is 6.19. The molecule has 1 spiro atoms. The van der Waals surface area contributed by atoms with E-state index in [2.05, 4.69) is 27.7 Å². The summed E-state index contributed by atoms with van der Waals surface area (Å²) in [6.07, 6.45) is 5.37. The van der Waals surface area contributed by atoms with E-state index in [0.717, 1.165) is 24.2 Å². The highest BCUT2D eigenvalue weighted by molar-refractivity contribution is 5.66. The molecule has 3 rings (SSSR count). The van der Waals surface area contributed by atoms with Crippen LogP contribution in [0.3, 0.4) is 0 Å². The van der Waals surface area contributed by atoms with Crippen molar-refractivity contribution in [2.75, 3.05) is 0 Å². The maximum absolute atomic E-state index is 11.4. The molecular weight excluding hydrogens is 236 g/mol. The van der Waals surface area contributed by atoms with Crippen LogP contribution in [0.1, 0.15) is 60.3 Å². The second-order valence-electron chi connectivity index (χ2n) is 8.11. The SMILES string of the molecule is CC(=O)O[C@@H]1C[C@@]23C[C@@H]([C@@H]1C)C(C)(C)[C@@H]2CC[C@H]3C. The Labute approximate surface area is 117 Å². The topological polar surface area (TPSA) is 26.3 Å². The largest absolute Gasteiger partial charge is 0.462 e. The fourth-order valence-corrected chi connectivity index (χ4v) is 6.19. The predicted octanol–water partition coefficient (Wildman–Crippen LogP) is 4.04. The first-order valence-corrected chi connectivity index (χ1v) is 7.96. The zero-order valence-electron chi connectivity index (χ0n) is 13.0. The molecule has 0 saturated heterocycles. The smallest absolute Gasteiger partial charge is 0.302 e. The third-order valence-electron chi connectivity index (χ3n) is 7.14. The first-order chi connectivity index (χ1) is 8.79. The van der Waals surface area contributed by atoms with Gasteiger partial charge in [-0.15, -0.1) is 0 Å². The summed E-state index contributed by atoms with van der Waals surface area (Å²) in [5, 5.41) is 0. The summed E-state index contributed by atoms with van der Waals surface area (Å²) in [4.78, 5) is 11.4. The average molecular weight is 264 g/mol. The van der Waals surface area contributed by atoms with Gasteiger partial charge in [-0.3, -0.25) is 4.79 Å². The number of hydrogen-bond acceptors (Lipinski definition) is 2. The molecule has 0 aromatic carbocycles. The predicted molar refractivity (Wildman–Crippen MR) is 75.5 cm³/mol. The van der Waals surface area contributed by atoms with Gasteiger partial charge in [-0.2, -0.15) is 0 Å². The van der Waals surface area contributed by atoms with Crippen LogP contribution in [0, 0.1) is 34.5 Å². The quantitative estimate of drug-likeness (QED) is 0.668. The third-order valence-corrected chi connectivity index (χ3v) is 7.14. The monoisotopic (exact) mass is 264 g/mol. The molecule has 0 aromatic heterocycles. The van der Waals surface area contributed by atoms with E-state index >= 15 is 0 Å². The zero-order chi connectivity index (χ0) is 14.0. The van der Waals surface area contributed by atoms with Crippen LogP contribution >= 0.6 is 0 Å². The molecular formula is C17H28O2. The van der Waals surface area contributed by atoms with Gasteiger partial charge in [0, 0.05) is 6.92 Å². The maximum Gasteiger partial charge on any atom is 0.302 e. The number of fused-ring (bicyclic) bond motifs is 1. The summed E-state index contributed by atoms with van der Waals surface area (Å²) in [5.41, 5.74) is 0.875. The summed E-state index contributed by atoms with van der Waals surface area (Å²) >= 11 is 0. The van der Waals surface area contributed by atoms with Crippen molar-refractivity contribution < 1.29 is 9.53 Å². The Morgan fingerprint density at radius 1 is 1.16 bits per heavy atom. The second kappa shape index (κ2) is 3.99. The van der Waals surface area contributed by atoms with E-state index in [0.29, 0.717) is 16.7 Å². The van der Waals surface area contributed by atoms with E-state index in [9.17, 15) is 4.79 Å². The van der Waals surface area contributed by atoms with Crippen LogP contribution in [0.25, 0.3) is 0 Å². The molecule has 0 amide bonds. The Morgan fingerprint density at radius 3 is 2.47 bits per heavy atom. The molecule has 0 aliphatic heterocycles. The second-order valence-corrected chi connectivity index (χ2v) is 8.11. The van der Waals surface area contributed by atoms with Crippen LogP contribution in [0.5, 0.6) is 0 Å². The van der Waals surface area contributed by atoms with Crippen molar-refractivity contribution in [2.45, 2.75) is 66.4 Å². The lowest BCUT2D eigenvalue weighted by molar-refractivity contribution is -0.155. The van der Waals surface area contributed by atoms with Crippen LogP contribution in [0.4, 0.5) is 0 Å². The number of carbonyl (C=O) groups is 1. The molecule has 6 atom stereocenters. The molecule has 0 unspecified atom stereocenters. The van der Waals surface area contributed by atoms with E-state index in [4.69, 9.17) is 4.74 Å². The average Bonchev–Trinajstić information content (AvgIpc) is 2.70. The van der Waals surface area contributed by atoms with Gasteiger partial charge in [-0.05, 0) is 60.2 Å². The highest BCUT2D eigenvalue weighted by Gasteiger charge is 2.67. The van der Waals surface area contributed by atoms with Crippen LogP contribution < -0.4 is 0 Å². The van der Waals surface area contributed by atoms with E-state index in [-0.39, 0.29) is 12.1 Å². The molecule has 3 fully saturated rings. The lowest BCUT2D eigenvalue weighted by atomic mass is 9.64. The number of esters is 1. The summed E-state index contributed by atoms with van der Waals surface area (Å²) in [6.45, 7) is 11.2. The molecule has 0 N–H and O–H groups in total. The normalized spacial score (nSPS) is 50.9. The minimum Gasteiger partial charge on any atom is -0.462 e. The molecule has 2 nitrogen and oxygen atoms in total. The van der Waals surface area contributed by atoms with Crippen molar-refractivity contribution in [2.24, 2.45) is 34.5 Å². The Kier molecular flexibility index (Phi) is 2.82. The lowest BCUT2D eigenvalue weighted by Crippen LogP contribution is -2.41. The van der Waals surface area contributed by atoms with Crippen molar-refractivity contribution in [1.82, 2.24) is 0 Å². The first kappa shape index (κ1) is 13.5. The fraction of sp³-hybridized carbons (Fsp3) is 0.941. The van der Waals surface area contributed by atoms with Crippen LogP contribution in [-0.2, 0) is 9.53 Å². The molecule has 3 aliphatic carbocycles. The Morgan fingerprint density at radius 2 is 1.84 bits per heavy atom. The van der Waals surface area contributed by atoms with Gasteiger partial charge in [0.2, 0.25) is 0 Å². The van der Waals surface area contributed by atoms with E-state index in [1.807, 2.05) is 0 Å². The standard InChI is InChI=1S/C17H28O2/c1-10-6-7-15-16(4,5)13-8-17(10,15)9-14(11(13)2)19-12(3)18/h10-11,13-15H,6-9H2,1-5H3/t10-,11+,13+,14-,15+,17-/m1/s1. The van der Waals surface area contributed by atoms with Crippen molar-refractivity contribution >= 4 is 5.97 Å². The van der Waals surface area contributed by atoms with Gasteiger partial charge in [-0.1, -0.05) is 27.7 Å². The van der Waals surface area contributed by atoms with Gasteiger partial charge < -0.3 is 4.74 Å². The molecule has 19 heavy (non-hydrogen) atoms. The number of rotatable bonds is 1. The van der Waals surface area contributed by atoms with Gasteiger partial charge in [0.1, 0.15) is 6.10 Å². The molecule has 0 heterocycles. The van der Waals surface area contributed by atoms with E-state index in [1.165, 1.54) is 19.3 Å². The van der Waals surface area contributed by atoms with Crippen LogP contribution in [0.15, 0.2) is 0 Å². The molecule has 3 saturated carbocycles. The zero-order valence-corrected chi connectivity index (χ0v) is 13.0. The molecule has 108 valence electrons. The minimum absolute atomic E-state index is 0.102. The summed E-state index contributed by atoms with van der Waals surface area (Å²) in [7, 11) is 0. The molecule has 0 aromatic rings. The summed E-state index contributed by atoms with van der Waals surface area (Å²) < 4.78 is 5.69. The van der Waals surface area contributed by atoms with Crippen LogP contribution in [-0.4, -0.2) is 12.1 Å². The molecule has 2 bridgehead atoms. The minimum atomic E-state index is -0.102. The highest BCUT2D eigenvalue weighted by atomic mass is 16.5. The van der Waals surface area contributed by atoms with Gasteiger partial charge in [-0.25, -0.2) is 0 Å². The van der Waals surface area contributed by atoms with Crippen molar-refractivity contribution in [3.05, 3.63) is 0 Å². The Balaban J connectivity index is 1.97. The van der Waals surface area contributed by atoms with E-state index < -0.39 is 0 Å². The highest BCUT2D eigenvalue weighted by Crippen LogP contribution is 2.72. The van der Waals surface area contributed by atoms with E-state index in [1.54, 1.807) is 6.92 Å². The molecule has 0 radical (unpaired) electrons. The van der Waals surface area contributed by atoms with Crippen molar-refractivity contribution in [1.29, 1.82) is 0 Å². The molecule has 3 aliphatic rings. The third kappa shape index (κ3) is 1.64. The number of hydrogen-bond donors (Lipinski definition) is 0. The Bertz CT molecular complexity index is 400. The number of carbonyl (C=O) groups excluding carboxylic acids is 1. The van der Waals surface area contributed by atoms with Crippen molar-refractivity contribution in [3.63, 3.8) is 0 Å². The van der Waals surface area contributed by atoms with Gasteiger partial charge >= 0.3 is 5.97 Å². The van der Waals surface area contributed by atoms with Gasteiger partial charge in [0.25, 0.3) is 0 Å². The lowest BCUT2D eigenvalue weighted by Gasteiger charge is -2.43. The van der Waals surface area contributed by atoms with Crippen molar-refractivity contribution in [3.8, 4) is 0 Å². The maximum atomic E-state index is 11.4. The Hall–Kier alpha value is -0.530. The van der Waals surface area contributed by atoms with Crippen LogP contribution in [0.2, 0.25) is 0 Å². The first-order valence-electron chi connectivity index (χ1n) is 7.96. The van der Waals surface area contributed by atoms with Gasteiger partial charge in [0.05, 0.1) is 0 Å². The number of ether oxygens (including phenoxy) is 1. The summed E-state index contributed by atoms with van der Waals surface area (Å²) in [5.74, 6) is 2.77.